The third kappa shape index (κ3) is 5.16. The third-order valence-electron chi connectivity index (χ3n) is 9.74. The molecule has 10 aromatic rings. The molecule has 0 unspecified atom stereocenters. The first-order valence-corrected chi connectivity index (χ1v) is 17.9. The van der Waals surface area contributed by atoms with Crippen molar-refractivity contribution < 1.29 is 0 Å². The van der Waals surface area contributed by atoms with Gasteiger partial charge in [-0.3, -0.25) is 4.98 Å². The summed E-state index contributed by atoms with van der Waals surface area (Å²) in [5.41, 5.74) is 10.4. The number of aromatic nitrogens is 3. The van der Waals surface area contributed by atoms with Crippen molar-refractivity contribution in [1.29, 1.82) is 0 Å². The average molecular weight is 668 g/mol. The molecule has 0 aliphatic carbocycles. The third-order valence-corrected chi connectivity index (χ3v) is 10.9. The fourth-order valence-electron chi connectivity index (χ4n) is 7.29. The van der Waals surface area contributed by atoms with Gasteiger partial charge in [0.05, 0.1) is 21.6 Å². The summed E-state index contributed by atoms with van der Waals surface area (Å²) < 4.78 is 2.41. The number of pyridine rings is 1. The van der Waals surface area contributed by atoms with Crippen LogP contribution < -0.4 is 0 Å². The summed E-state index contributed by atoms with van der Waals surface area (Å²) in [4.78, 5) is 15.4. The molecule has 4 heteroatoms. The van der Waals surface area contributed by atoms with Gasteiger partial charge in [0.1, 0.15) is 0 Å². The lowest BCUT2D eigenvalue weighted by Crippen LogP contribution is -1.98. The van der Waals surface area contributed by atoms with Crippen LogP contribution >= 0.6 is 11.3 Å². The van der Waals surface area contributed by atoms with Crippen molar-refractivity contribution in [3.63, 3.8) is 0 Å². The van der Waals surface area contributed by atoms with Crippen LogP contribution in [-0.4, -0.2) is 15.0 Å². The molecular weight excluding hydrogens is 639 g/mol. The second-order valence-electron chi connectivity index (χ2n) is 12.8. The molecule has 0 spiro atoms. The summed E-state index contributed by atoms with van der Waals surface area (Å²) in [5, 5.41) is 6.09. The zero-order chi connectivity index (χ0) is 33.7. The second-order valence-corrected chi connectivity index (χ2v) is 13.9. The first kappa shape index (κ1) is 29.4. The minimum atomic E-state index is 0.686. The van der Waals surface area contributed by atoms with Crippen molar-refractivity contribution in [2.45, 2.75) is 0 Å². The Balaban J connectivity index is 1.26. The number of nitrogens with zero attached hydrogens (tertiary/aromatic N) is 3. The molecule has 0 atom stereocenters. The highest BCUT2D eigenvalue weighted by molar-refractivity contribution is 7.25. The Morgan fingerprint density at radius 1 is 0.373 bits per heavy atom. The Morgan fingerprint density at radius 2 is 1.02 bits per heavy atom. The van der Waals surface area contributed by atoms with E-state index in [2.05, 4.69) is 152 Å². The van der Waals surface area contributed by atoms with Crippen LogP contribution in [0.3, 0.4) is 0 Å². The predicted molar refractivity (Wildman–Crippen MR) is 215 cm³/mol. The van der Waals surface area contributed by atoms with Gasteiger partial charge < -0.3 is 0 Å². The van der Waals surface area contributed by atoms with E-state index in [0.717, 1.165) is 55.7 Å². The van der Waals surface area contributed by atoms with E-state index in [-0.39, 0.29) is 0 Å². The highest BCUT2D eigenvalue weighted by atomic mass is 32.1. The summed E-state index contributed by atoms with van der Waals surface area (Å²) >= 11 is 1.78. The highest BCUT2D eigenvalue weighted by Crippen LogP contribution is 2.42. The number of thiophene rings is 1. The van der Waals surface area contributed by atoms with E-state index < -0.39 is 0 Å². The Hall–Kier alpha value is -6.49. The van der Waals surface area contributed by atoms with Gasteiger partial charge in [-0.25, -0.2) is 9.97 Å². The van der Waals surface area contributed by atoms with Crippen molar-refractivity contribution in [2.75, 3.05) is 0 Å². The van der Waals surface area contributed by atoms with Crippen molar-refractivity contribution >= 4 is 53.2 Å². The SMILES string of the molecule is c1ccc(-c2cc(-c3ccccc3)nc(-c3cc(-c4cc5ccccc5c5ccccc45)ccc3-c3ccc4sc5cccnc5c4c3)n2)cc1. The molecule has 0 aliphatic heterocycles. The minimum Gasteiger partial charge on any atom is -0.255 e. The van der Waals surface area contributed by atoms with E-state index in [4.69, 9.17) is 15.0 Å². The molecular formula is C47H29N3S. The van der Waals surface area contributed by atoms with Crippen LogP contribution in [0.15, 0.2) is 176 Å². The van der Waals surface area contributed by atoms with Crippen LogP contribution in [0.2, 0.25) is 0 Å². The number of hydrogen-bond donors (Lipinski definition) is 0. The summed E-state index contributed by atoms with van der Waals surface area (Å²) in [7, 11) is 0. The fourth-order valence-corrected chi connectivity index (χ4v) is 8.33. The van der Waals surface area contributed by atoms with Crippen molar-refractivity contribution in [3.8, 4) is 56.2 Å². The monoisotopic (exact) mass is 667 g/mol. The molecule has 7 aromatic carbocycles. The van der Waals surface area contributed by atoms with Gasteiger partial charge in [0.15, 0.2) is 5.82 Å². The van der Waals surface area contributed by atoms with E-state index in [1.54, 1.807) is 11.3 Å². The normalized spacial score (nSPS) is 11.5. The molecule has 10 rings (SSSR count). The maximum Gasteiger partial charge on any atom is 0.161 e. The Labute approximate surface area is 299 Å². The van der Waals surface area contributed by atoms with Crippen molar-refractivity contribution in [1.82, 2.24) is 15.0 Å². The second kappa shape index (κ2) is 12.1. The lowest BCUT2D eigenvalue weighted by Gasteiger charge is -2.16. The molecule has 0 aliphatic rings. The molecule has 3 nitrogen and oxygen atoms in total. The summed E-state index contributed by atoms with van der Waals surface area (Å²) in [5.74, 6) is 0.686. The van der Waals surface area contributed by atoms with Crippen molar-refractivity contribution in [2.24, 2.45) is 0 Å². The fraction of sp³-hybridized carbons (Fsp3) is 0. The van der Waals surface area contributed by atoms with Gasteiger partial charge >= 0.3 is 0 Å². The lowest BCUT2D eigenvalue weighted by atomic mass is 9.90. The smallest absolute Gasteiger partial charge is 0.161 e. The largest absolute Gasteiger partial charge is 0.255 e. The number of rotatable bonds is 5. The molecule has 0 N–H and O–H groups in total. The molecule has 0 bridgehead atoms. The standard InChI is InChI=1S/C47H29N3S/c1-3-12-30(13-4-1)42-29-43(31-14-5-2-6-15-31)50-47(49-42)40-27-34(39-26-32-16-7-8-17-35(32)37-18-9-10-19-38(37)39)21-23-36(40)33-22-24-44-41(28-33)46-45(51-44)20-11-25-48-46/h1-29H. The van der Waals surface area contributed by atoms with E-state index in [9.17, 15) is 0 Å². The van der Waals surface area contributed by atoms with Crippen LogP contribution in [0.1, 0.15) is 0 Å². The van der Waals surface area contributed by atoms with Gasteiger partial charge in [-0.15, -0.1) is 11.3 Å². The van der Waals surface area contributed by atoms with Crippen LogP contribution in [0, 0.1) is 0 Å². The van der Waals surface area contributed by atoms with Gasteiger partial charge in [0.2, 0.25) is 0 Å². The van der Waals surface area contributed by atoms with Crippen LogP contribution in [-0.2, 0) is 0 Å². The molecule has 51 heavy (non-hydrogen) atoms. The Kier molecular flexibility index (Phi) is 7.00. The van der Waals surface area contributed by atoms with Gasteiger partial charge in [0.25, 0.3) is 0 Å². The Bertz CT molecular complexity index is 2860. The first-order valence-electron chi connectivity index (χ1n) is 17.1. The quantitative estimate of drug-likeness (QED) is 0.171. The van der Waals surface area contributed by atoms with Gasteiger partial charge in [-0.2, -0.15) is 0 Å². The topological polar surface area (TPSA) is 38.7 Å². The average Bonchev–Trinajstić information content (AvgIpc) is 3.59. The maximum atomic E-state index is 5.31. The molecule has 0 radical (unpaired) electrons. The van der Waals surface area contributed by atoms with Gasteiger partial charge in [-0.1, -0.05) is 127 Å². The number of hydrogen-bond acceptors (Lipinski definition) is 4. The van der Waals surface area contributed by atoms with Crippen molar-refractivity contribution in [3.05, 3.63) is 176 Å². The van der Waals surface area contributed by atoms with Crippen LogP contribution in [0.5, 0.6) is 0 Å². The minimum absolute atomic E-state index is 0.686. The van der Waals surface area contributed by atoms with Gasteiger partial charge in [0, 0.05) is 33.0 Å². The maximum absolute atomic E-state index is 5.31. The highest BCUT2D eigenvalue weighted by Gasteiger charge is 2.18. The zero-order valence-corrected chi connectivity index (χ0v) is 28.3. The van der Waals surface area contributed by atoms with Crippen LogP contribution in [0.4, 0.5) is 0 Å². The molecule has 0 saturated heterocycles. The number of benzene rings is 7. The van der Waals surface area contributed by atoms with E-state index in [0.29, 0.717) is 5.82 Å². The summed E-state index contributed by atoms with van der Waals surface area (Å²) in [6.45, 7) is 0. The summed E-state index contributed by atoms with van der Waals surface area (Å²) in [6.07, 6.45) is 1.88. The summed E-state index contributed by atoms with van der Waals surface area (Å²) in [6, 6.07) is 60.2. The molecule has 3 heterocycles. The van der Waals surface area contributed by atoms with Gasteiger partial charge in [-0.05, 0) is 86.3 Å². The Morgan fingerprint density at radius 3 is 1.78 bits per heavy atom. The van der Waals surface area contributed by atoms with E-state index >= 15 is 0 Å². The zero-order valence-electron chi connectivity index (χ0n) is 27.5. The first-order chi connectivity index (χ1) is 25.3. The lowest BCUT2D eigenvalue weighted by molar-refractivity contribution is 1.18. The molecule has 0 fully saturated rings. The molecule has 3 aromatic heterocycles. The molecule has 0 amide bonds. The molecule has 0 saturated carbocycles. The van der Waals surface area contributed by atoms with Crippen LogP contribution in [0.25, 0.3) is 98.0 Å². The van der Waals surface area contributed by atoms with E-state index in [1.165, 1.54) is 36.5 Å². The van der Waals surface area contributed by atoms with E-state index in [1.807, 2.05) is 24.4 Å². The predicted octanol–water partition coefficient (Wildman–Crippen LogP) is 12.9. The molecule has 238 valence electrons. The number of fused-ring (bicyclic) bond motifs is 6.